The monoisotopic (exact) mass is 662 g/mol. The Morgan fingerprint density at radius 3 is 1.64 bits per heavy atom. The number of benzene rings is 2. The molecule has 0 aliphatic heterocycles. The van der Waals surface area contributed by atoms with Crippen LogP contribution in [0.15, 0.2) is 48.5 Å². The van der Waals surface area contributed by atoms with E-state index in [0.29, 0.717) is 53.0 Å². The Labute approximate surface area is 252 Å². The molecule has 0 fully saturated rings. The molecule has 234 valence electrons. The van der Waals surface area contributed by atoms with E-state index < -0.39 is 30.5 Å². The van der Waals surface area contributed by atoms with Crippen molar-refractivity contribution in [2.24, 2.45) is 0 Å². The van der Waals surface area contributed by atoms with Crippen molar-refractivity contribution >= 4 is 32.7 Å². The molecule has 0 spiro atoms. The SMILES string of the molecule is CCOn1p(OCC)npn(OCC(Oc2ccc(C)cc2)Oc2ccc(C)cc2)p(OCC)n(OCC)p1OCC. The lowest BCUT2D eigenvalue weighted by atomic mass is 10.2. The van der Waals surface area contributed by atoms with Crippen LogP contribution in [0.3, 0.4) is 0 Å². The largest absolute Gasteiger partial charge is 0.452 e. The second kappa shape index (κ2) is 18.8. The third-order valence-corrected chi connectivity index (χ3v) is 12.3. The summed E-state index contributed by atoms with van der Waals surface area (Å²) in [5.41, 5.74) is 2.26. The first-order chi connectivity index (χ1) is 20.4. The maximum atomic E-state index is 6.37. The van der Waals surface area contributed by atoms with Gasteiger partial charge in [-0.25, -0.2) is 0 Å². The Morgan fingerprint density at radius 2 is 1.14 bits per heavy atom. The summed E-state index contributed by atoms with van der Waals surface area (Å²) >= 11 is 0. The Balaban J connectivity index is 2.10. The van der Waals surface area contributed by atoms with Crippen molar-refractivity contribution in [1.29, 1.82) is 0 Å². The summed E-state index contributed by atoms with van der Waals surface area (Å²) in [6.45, 7) is 15.7. The number of rotatable bonds is 17. The molecule has 0 amide bonds. The number of nitrogens with zero attached hydrogens (tertiary/aromatic N) is 4. The summed E-state index contributed by atoms with van der Waals surface area (Å²) in [6.07, 6.45) is -0.781. The highest BCUT2D eigenvalue weighted by Crippen LogP contribution is 2.38. The van der Waals surface area contributed by atoms with E-state index in [-0.39, 0.29) is 6.61 Å². The van der Waals surface area contributed by atoms with Crippen LogP contribution in [0, 0.1) is 13.8 Å². The van der Waals surface area contributed by atoms with Crippen LogP contribution < -0.4 is 37.6 Å². The van der Waals surface area contributed by atoms with E-state index in [4.69, 9.17) is 42.1 Å². The van der Waals surface area contributed by atoms with Crippen LogP contribution in [-0.4, -0.2) is 63.2 Å². The molecular formula is C26H42N4O8P4. The Hall–Kier alpha value is -1.80. The van der Waals surface area contributed by atoms with E-state index in [0.717, 1.165) is 11.1 Å². The zero-order valence-corrected chi connectivity index (χ0v) is 28.9. The quantitative estimate of drug-likeness (QED) is 0.160. The molecule has 0 saturated carbocycles. The minimum atomic E-state index is -1.68. The van der Waals surface area contributed by atoms with Gasteiger partial charge in [0, 0.05) is 0 Å². The van der Waals surface area contributed by atoms with Crippen LogP contribution in [0.5, 0.6) is 11.5 Å². The number of ether oxygens (including phenoxy) is 2. The molecule has 1 heterocycles. The fourth-order valence-electron chi connectivity index (χ4n) is 3.28. The zero-order chi connectivity index (χ0) is 30.3. The van der Waals surface area contributed by atoms with E-state index in [9.17, 15) is 0 Å². The van der Waals surface area contributed by atoms with Crippen molar-refractivity contribution < 1.29 is 37.6 Å². The van der Waals surface area contributed by atoms with E-state index in [1.807, 2.05) is 97.0 Å². The van der Waals surface area contributed by atoms with Gasteiger partial charge in [-0.05, 0) is 72.7 Å². The molecule has 3 atom stereocenters. The highest BCUT2D eigenvalue weighted by atomic mass is 31.2. The lowest BCUT2D eigenvalue weighted by Crippen LogP contribution is -2.34. The minimum absolute atomic E-state index is 0.0322. The topological polar surface area (TPSA) is 102 Å². The number of aromatic nitrogens is 4. The number of aryl methyl sites for hydroxylation is 2. The van der Waals surface area contributed by atoms with Gasteiger partial charge in [-0.1, -0.05) is 35.4 Å². The first-order valence-electron chi connectivity index (χ1n) is 13.9. The summed E-state index contributed by atoms with van der Waals surface area (Å²) in [5, 5.41) is 0. The van der Waals surface area contributed by atoms with E-state index in [1.165, 1.54) is 0 Å². The molecule has 42 heavy (non-hydrogen) atoms. The molecule has 3 aromatic rings. The van der Waals surface area contributed by atoms with Crippen LogP contribution in [0.2, 0.25) is 0 Å². The van der Waals surface area contributed by atoms with Crippen molar-refractivity contribution in [2.75, 3.05) is 39.6 Å². The number of hydrogen-bond donors (Lipinski definition) is 0. The average Bonchev–Trinajstić information content (AvgIpc) is 2.98. The van der Waals surface area contributed by atoms with Gasteiger partial charge in [-0.2, -0.15) is 4.51 Å². The van der Waals surface area contributed by atoms with Gasteiger partial charge >= 0.3 is 0 Å². The lowest BCUT2D eigenvalue weighted by Gasteiger charge is -2.23. The van der Waals surface area contributed by atoms with Crippen LogP contribution in [0.4, 0.5) is 0 Å². The molecule has 0 aliphatic carbocycles. The molecule has 2 aromatic carbocycles. The maximum absolute atomic E-state index is 6.37. The summed E-state index contributed by atoms with van der Waals surface area (Å²) in [4.78, 5) is 18.5. The number of hydrogen-bond acceptors (Lipinski definition) is 9. The van der Waals surface area contributed by atoms with Gasteiger partial charge in [0.2, 0.25) is 24.2 Å². The van der Waals surface area contributed by atoms with Gasteiger partial charge in [0.05, 0.1) is 33.0 Å². The fourth-order valence-corrected chi connectivity index (χ4v) is 10.9. The molecule has 3 unspecified atom stereocenters. The first kappa shape index (κ1) is 34.7. The standard InChI is InChI=1S/C26H42N4O8P4/c1-8-31-29-40(34-10-3)27-39-28(41(35-11-4)30(32-9-2)42(29)36-12-5)33-21-26(37-24-17-13-22(6)14-18-24)38-25-19-15-23(7)16-20-25/h13-20,26H,8-12,21H2,1-7H3. The van der Waals surface area contributed by atoms with Crippen molar-refractivity contribution in [3.8, 4) is 11.5 Å². The fraction of sp³-hybridized carbons (Fsp3) is 0.538. The summed E-state index contributed by atoms with van der Waals surface area (Å²) < 4.78 is 40.7. The van der Waals surface area contributed by atoms with E-state index in [2.05, 4.69) is 0 Å². The minimum Gasteiger partial charge on any atom is -0.452 e. The molecule has 1 aromatic heterocycles. The van der Waals surface area contributed by atoms with Gasteiger partial charge in [0.15, 0.2) is 15.1 Å². The van der Waals surface area contributed by atoms with Gasteiger partial charge in [-0.15, -0.1) is 12.8 Å². The highest BCUT2D eigenvalue weighted by Gasteiger charge is 2.21. The zero-order valence-electron chi connectivity index (χ0n) is 25.3. The summed E-state index contributed by atoms with van der Waals surface area (Å²) in [5.74, 6) is 1.32. The molecule has 16 heteroatoms. The van der Waals surface area contributed by atoms with Crippen LogP contribution >= 0.6 is 32.7 Å². The molecule has 0 radical (unpaired) electrons. The van der Waals surface area contributed by atoms with Gasteiger partial charge in [-0.3, -0.25) is 14.5 Å². The highest BCUT2D eigenvalue weighted by molar-refractivity contribution is 7.57. The maximum Gasteiger partial charge on any atom is 0.266 e. The summed E-state index contributed by atoms with van der Waals surface area (Å²) in [7, 11) is -4.45. The van der Waals surface area contributed by atoms with Gasteiger partial charge in [0.1, 0.15) is 11.5 Å². The van der Waals surface area contributed by atoms with E-state index >= 15 is 0 Å². The first-order valence-corrected chi connectivity index (χ1v) is 18.2. The van der Waals surface area contributed by atoms with Crippen molar-refractivity contribution in [3.63, 3.8) is 0 Å². The van der Waals surface area contributed by atoms with Gasteiger partial charge < -0.3 is 23.0 Å². The van der Waals surface area contributed by atoms with Crippen molar-refractivity contribution in [2.45, 2.75) is 54.8 Å². The summed E-state index contributed by atoms with van der Waals surface area (Å²) in [6, 6.07) is 15.6. The molecule has 0 bridgehead atoms. The van der Waals surface area contributed by atoms with Crippen molar-refractivity contribution in [3.05, 3.63) is 59.7 Å². The smallest absolute Gasteiger partial charge is 0.266 e. The molecule has 3 rings (SSSR count). The Kier molecular flexibility index (Phi) is 15.5. The molecule has 0 saturated heterocycles. The predicted octanol–water partition coefficient (Wildman–Crippen LogP) is 6.05. The van der Waals surface area contributed by atoms with Gasteiger partial charge in [0.25, 0.3) is 6.29 Å². The normalized spacial score (nSPS) is 12.6. The molecular weight excluding hydrogens is 620 g/mol. The lowest BCUT2D eigenvalue weighted by molar-refractivity contribution is -0.0544. The molecule has 0 N–H and O–H groups in total. The van der Waals surface area contributed by atoms with Crippen LogP contribution in [0.1, 0.15) is 45.7 Å². The Bertz CT molecular complexity index is 1240. The second-order valence-corrected chi connectivity index (χ2v) is 14.7. The average molecular weight is 663 g/mol. The third kappa shape index (κ3) is 10.4. The molecule has 12 nitrogen and oxygen atoms in total. The Morgan fingerprint density at radius 1 is 0.643 bits per heavy atom. The second-order valence-electron chi connectivity index (χ2n) is 8.37. The predicted molar refractivity (Wildman–Crippen MR) is 169 cm³/mol. The van der Waals surface area contributed by atoms with E-state index in [1.54, 1.807) is 12.8 Å². The molecule has 0 aliphatic rings. The van der Waals surface area contributed by atoms with Crippen molar-refractivity contribution in [1.82, 2.24) is 17.3 Å². The third-order valence-electron chi connectivity index (χ3n) is 5.05. The van der Waals surface area contributed by atoms with Crippen LogP contribution in [0.25, 0.3) is 0 Å². The van der Waals surface area contributed by atoms with Crippen LogP contribution in [-0.2, 0) is 0 Å².